The van der Waals surface area contributed by atoms with Gasteiger partial charge >= 0.3 is 0 Å². The van der Waals surface area contributed by atoms with Gasteiger partial charge < -0.3 is 10.6 Å². The predicted molar refractivity (Wildman–Crippen MR) is 58.8 cm³/mol. The van der Waals surface area contributed by atoms with E-state index in [1.165, 1.54) is 0 Å². The topological polar surface area (TPSA) is 41.6 Å². The van der Waals surface area contributed by atoms with E-state index in [4.69, 9.17) is 5.73 Å². The molecule has 0 radical (unpaired) electrons. The third-order valence-corrected chi connectivity index (χ3v) is 2.23. The molecule has 0 heterocycles. The Balaban J connectivity index is 4.07. The number of nitrogens with zero attached hydrogens (tertiary/aromatic N) is 2. The molecule has 78 valence electrons. The highest BCUT2D eigenvalue weighted by atomic mass is 15.2. The third kappa shape index (κ3) is 4.76. The first-order valence-electron chi connectivity index (χ1n) is 5.01. The van der Waals surface area contributed by atoms with Gasteiger partial charge in [-0.1, -0.05) is 20.8 Å². The van der Waals surface area contributed by atoms with Gasteiger partial charge in [0.2, 0.25) is 0 Å². The lowest BCUT2D eigenvalue weighted by Crippen LogP contribution is -2.40. The fourth-order valence-corrected chi connectivity index (χ4v) is 0.887. The zero-order valence-corrected chi connectivity index (χ0v) is 9.54. The van der Waals surface area contributed by atoms with Crippen molar-refractivity contribution in [3.05, 3.63) is 0 Å². The Morgan fingerprint density at radius 1 is 1.38 bits per heavy atom. The van der Waals surface area contributed by atoms with E-state index in [2.05, 4.69) is 32.7 Å². The summed E-state index contributed by atoms with van der Waals surface area (Å²) in [5.74, 6) is 1.23. The second-order valence-corrected chi connectivity index (χ2v) is 3.96. The van der Waals surface area contributed by atoms with E-state index < -0.39 is 0 Å². The highest BCUT2D eigenvalue weighted by Gasteiger charge is 2.08. The molecule has 2 N–H and O–H groups in total. The van der Waals surface area contributed by atoms with Crippen molar-refractivity contribution in [2.45, 2.75) is 40.2 Å². The Morgan fingerprint density at radius 2 is 1.92 bits per heavy atom. The van der Waals surface area contributed by atoms with Gasteiger partial charge in [-0.05, 0) is 19.3 Å². The van der Waals surface area contributed by atoms with Crippen LogP contribution in [0.3, 0.4) is 0 Å². The van der Waals surface area contributed by atoms with E-state index in [0.717, 1.165) is 13.0 Å². The van der Waals surface area contributed by atoms with E-state index in [1.54, 1.807) is 0 Å². The number of guanidine groups is 1. The number of aliphatic imine (C=N–C) groups is 1. The van der Waals surface area contributed by atoms with Gasteiger partial charge in [0.25, 0.3) is 0 Å². The van der Waals surface area contributed by atoms with Crippen molar-refractivity contribution >= 4 is 5.96 Å². The van der Waals surface area contributed by atoms with Crippen LogP contribution in [0.1, 0.15) is 34.1 Å². The monoisotopic (exact) mass is 185 g/mol. The molecule has 0 aromatic carbocycles. The SMILES string of the molecule is CCC(C)N(C)C(N)=NCC(C)C. The largest absolute Gasteiger partial charge is 0.370 e. The summed E-state index contributed by atoms with van der Waals surface area (Å²) in [6.45, 7) is 9.39. The van der Waals surface area contributed by atoms with Crippen LogP contribution in [0.15, 0.2) is 4.99 Å². The number of hydrogen-bond acceptors (Lipinski definition) is 1. The molecule has 0 fully saturated rings. The summed E-state index contributed by atoms with van der Waals surface area (Å²) < 4.78 is 0. The van der Waals surface area contributed by atoms with Crippen LogP contribution in [0.2, 0.25) is 0 Å². The summed E-state index contributed by atoms with van der Waals surface area (Å²) >= 11 is 0. The Labute approximate surface area is 82.0 Å². The van der Waals surface area contributed by atoms with E-state index in [-0.39, 0.29) is 0 Å². The highest BCUT2D eigenvalue weighted by molar-refractivity contribution is 5.78. The molecular formula is C10H23N3. The van der Waals surface area contributed by atoms with Crippen molar-refractivity contribution in [2.75, 3.05) is 13.6 Å². The summed E-state index contributed by atoms with van der Waals surface area (Å²) in [4.78, 5) is 6.34. The zero-order chi connectivity index (χ0) is 10.4. The fraction of sp³-hybridized carbons (Fsp3) is 0.900. The molecule has 3 nitrogen and oxygen atoms in total. The fourth-order valence-electron chi connectivity index (χ4n) is 0.887. The molecule has 0 aliphatic carbocycles. The summed E-state index contributed by atoms with van der Waals surface area (Å²) in [6.07, 6.45) is 1.09. The molecule has 0 aliphatic heterocycles. The van der Waals surface area contributed by atoms with Crippen molar-refractivity contribution in [3.63, 3.8) is 0 Å². The Bertz CT molecular complexity index is 164. The standard InChI is InChI=1S/C10H23N3/c1-6-9(4)13(5)10(11)12-7-8(2)3/h8-9H,6-7H2,1-5H3,(H2,11,12). The molecule has 3 heteroatoms. The molecule has 0 aromatic heterocycles. The molecule has 13 heavy (non-hydrogen) atoms. The van der Waals surface area contributed by atoms with Crippen molar-refractivity contribution in [1.29, 1.82) is 0 Å². The summed E-state index contributed by atoms with van der Waals surface area (Å²) in [7, 11) is 1.99. The van der Waals surface area contributed by atoms with Crippen LogP contribution in [0, 0.1) is 5.92 Å². The quantitative estimate of drug-likeness (QED) is 0.535. The molecule has 1 atom stereocenters. The number of nitrogens with two attached hydrogens (primary N) is 1. The molecule has 0 rings (SSSR count). The van der Waals surface area contributed by atoms with Crippen LogP contribution in [-0.4, -0.2) is 30.5 Å². The second-order valence-electron chi connectivity index (χ2n) is 3.96. The maximum Gasteiger partial charge on any atom is 0.191 e. The molecule has 1 unspecified atom stereocenters. The Hall–Kier alpha value is -0.730. The van der Waals surface area contributed by atoms with Gasteiger partial charge in [-0.2, -0.15) is 0 Å². The molecule has 0 amide bonds. The number of rotatable bonds is 4. The lowest BCUT2D eigenvalue weighted by atomic mass is 10.2. The van der Waals surface area contributed by atoms with Crippen LogP contribution in [0.25, 0.3) is 0 Å². The van der Waals surface area contributed by atoms with Crippen molar-refractivity contribution in [3.8, 4) is 0 Å². The average Bonchev–Trinajstić information content (AvgIpc) is 2.11. The van der Waals surface area contributed by atoms with Crippen molar-refractivity contribution < 1.29 is 0 Å². The minimum atomic E-state index is 0.468. The van der Waals surface area contributed by atoms with Crippen LogP contribution >= 0.6 is 0 Å². The van der Waals surface area contributed by atoms with Gasteiger partial charge in [0.05, 0.1) is 0 Å². The molecule has 0 aromatic rings. The Morgan fingerprint density at radius 3 is 2.31 bits per heavy atom. The Kier molecular flexibility index (Phi) is 5.51. The molecule has 0 spiro atoms. The highest BCUT2D eigenvalue weighted by Crippen LogP contribution is 2.00. The van der Waals surface area contributed by atoms with E-state index in [0.29, 0.717) is 17.9 Å². The minimum absolute atomic E-state index is 0.468. The lowest BCUT2D eigenvalue weighted by molar-refractivity contribution is 0.375. The van der Waals surface area contributed by atoms with Gasteiger partial charge in [0.15, 0.2) is 5.96 Å². The van der Waals surface area contributed by atoms with E-state index in [1.807, 2.05) is 11.9 Å². The number of hydrogen-bond donors (Lipinski definition) is 1. The third-order valence-electron chi connectivity index (χ3n) is 2.23. The van der Waals surface area contributed by atoms with Gasteiger partial charge in [-0.25, -0.2) is 0 Å². The van der Waals surface area contributed by atoms with Crippen LogP contribution in [0.5, 0.6) is 0 Å². The predicted octanol–water partition coefficient (Wildman–Crippen LogP) is 1.69. The molecule has 0 aliphatic rings. The maximum atomic E-state index is 5.82. The van der Waals surface area contributed by atoms with Gasteiger partial charge in [-0.15, -0.1) is 0 Å². The van der Waals surface area contributed by atoms with Gasteiger partial charge in [0.1, 0.15) is 0 Å². The lowest BCUT2D eigenvalue weighted by Gasteiger charge is -2.24. The smallest absolute Gasteiger partial charge is 0.191 e. The molecule has 0 saturated heterocycles. The normalized spacial score (nSPS) is 14.8. The average molecular weight is 185 g/mol. The summed E-state index contributed by atoms with van der Waals surface area (Å²) in [5, 5.41) is 0. The first-order chi connectivity index (χ1) is 5.99. The molecular weight excluding hydrogens is 162 g/mol. The molecule has 0 bridgehead atoms. The maximum absolute atomic E-state index is 5.82. The first kappa shape index (κ1) is 12.3. The van der Waals surface area contributed by atoms with E-state index >= 15 is 0 Å². The summed E-state index contributed by atoms with van der Waals surface area (Å²) in [6, 6.07) is 0.468. The summed E-state index contributed by atoms with van der Waals surface area (Å²) in [5.41, 5.74) is 5.82. The zero-order valence-electron chi connectivity index (χ0n) is 9.54. The van der Waals surface area contributed by atoms with Crippen LogP contribution in [0.4, 0.5) is 0 Å². The van der Waals surface area contributed by atoms with Gasteiger partial charge in [0, 0.05) is 19.6 Å². The van der Waals surface area contributed by atoms with E-state index in [9.17, 15) is 0 Å². The van der Waals surface area contributed by atoms with Crippen molar-refractivity contribution in [1.82, 2.24) is 4.90 Å². The molecule has 0 saturated carbocycles. The first-order valence-corrected chi connectivity index (χ1v) is 5.01. The minimum Gasteiger partial charge on any atom is -0.370 e. The van der Waals surface area contributed by atoms with Crippen molar-refractivity contribution in [2.24, 2.45) is 16.6 Å². The second kappa shape index (κ2) is 5.84. The van der Waals surface area contributed by atoms with Crippen LogP contribution < -0.4 is 5.73 Å². The van der Waals surface area contributed by atoms with Crippen LogP contribution in [-0.2, 0) is 0 Å². The van der Waals surface area contributed by atoms with Gasteiger partial charge in [-0.3, -0.25) is 4.99 Å².